The van der Waals surface area contributed by atoms with Crippen molar-refractivity contribution in [3.05, 3.63) is 42.0 Å². The molecule has 0 bridgehead atoms. The molecule has 0 radical (unpaired) electrons. The van der Waals surface area contributed by atoms with Gasteiger partial charge in [0.1, 0.15) is 6.04 Å². The van der Waals surface area contributed by atoms with E-state index in [0.717, 1.165) is 29.5 Å². The number of rotatable bonds is 6. The van der Waals surface area contributed by atoms with E-state index in [-0.39, 0.29) is 11.9 Å². The zero-order chi connectivity index (χ0) is 17.6. The third-order valence-electron chi connectivity index (χ3n) is 4.33. The van der Waals surface area contributed by atoms with E-state index >= 15 is 0 Å². The first kappa shape index (κ1) is 17.9. The first-order valence-electron chi connectivity index (χ1n) is 8.24. The van der Waals surface area contributed by atoms with E-state index < -0.39 is 0 Å². The molecule has 7 nitrogen and oxygen atoms in total. The van der Waals surface area contributed by atoms with Crippen LogP contribution in [0.5, 0.6) is 0 Å². The Labute approximate surface area is 151 Å². The Morgan fingerprint density at radius 2 is 2.20 bits per heavy atom. The first-order chi connectivity index (χ1) is 12.2. The third kappa shape index (κ3) is 4.20. The Bertz CT molecular complexity index is 700. The number of amides is 1. The number of nitrogens with zero attached hydrogens (tertiary/aromatic N) is 4. The second kappa shape index (κ2) is 8.46. The van der Waals surface area contributed by atoms with Crippen LogP contribution in [-0.4, -0.2) is 57.9 Å². The predicted molar refractivity (Wildman–Crippen MR) is 96.2 cm³/mol. The van der Waals surface area contributed by atoms with Crippen molar-refractivity contribution in [2.45, 2.75) is 17.7 Å². The maximum Gasteiger partial charge on any atom is 0.242 e. The molecule has 2 aromatic rings. The van der Waals surface area contributed by atoms with Crippen LogP contribution in [0.4, 0.5) is 0 Å². The van der Waals surface area contributed by atoms with Crippen molar-refractivity contribution in [1.82, 2.24) is 24.8 Å². The van der Waals surface area contributed by atoms with Gasteiger partial charge in [0.25, 0.3) is 0 Å². The average molecular weight is 361 g/mol. The van der Waals surface area contributed by atoms with E-state index in [1.165, 1.54) is 0 Å². The van der Waals surface area contributed by atoms with Gasteiger partial charge in [-0.3, -0.25) is 14.7 Å². The summed E-state index contributed by atoms with van der Waals surface area (Å²) in [6.07, 6.45) is 7.27. The molecule has 0 saturated carbocycles. The van der Waals surface area contributed by atoms with Gasteiger partial charge in [-0.1, -0.05) is 17.8 Å². The standard InChI is InChI=1S/C17H23N5O2S/c1-21-14(12-20-17(21)25-2)11-19-16(23)15(13-4-3-5-18-10-13)22-6-8-24-9-7-22/h3-5,10,12,15H,6-9,11H2,1-2H3,(H,19,23)/t15-/m0/s1. The van der Waals surface area contributed by atoms with Crippen molar-refractivity contribution in [3.8, 4) is 0 Å². The van der Waals surface area contributed by atoms with E-state index in [0.29, 0.717) is 19.8 Å². The molecule has 1 atom stereocenters. The zero-order valence-corrected chi connectivity index (χ0v) is 15.3. The lowest BCUT2D eigenvalue weighted by Crippen LogP contribution is -2.45. The molecule has 8 heteroatoms. The molecule has 1 saturated heterocycles. The van der Waals surface area contributed by atoms with E-state index in [4.69, 9.17) is 4.74 Å². The number of imidazole rings is 1. The average Bonchev–Trinajstić information content (AvgIpc) is 3.02. The molecule has 1 amide bonds. The van der Waals surface area contributed by atoms with Crippen LogP contribution < -0.4 is 5.32 Å². The van der Waals surface area contributed by atoms with Gasteiger partial charge in [0, 0.05) is 32.5 Å². The Hall–Kier alpha value is -1.90. The summed E-state index contributed by atoms with van der Waals surface area (Å²) in [5.41, 5.74) is 1.88. The van der Waals surface area contributed by atoms with E-state index in [9.17, 15) is 4.79 Å². The van der Waals surface area contributed by atoms with Gasteiger partial charge in [-0.15, -0.1) is 0 Å². The van der Waals surface area contributed by atoms with Crippen LogP contribution in [0.2, 0.25) is 0 Å². The van der Waals surface area contributed by atoms with E-state index in [1.54, 1.807) is 30.4 Å². The van der Waals surface area contributed by atoms with Crippen LogP contribution in [0.15, 0.2) is 35.9 Å². The minimum Gasteiger partial charge on any atom is -0.379 e. The fourth-order valence-electron chi connectivity index (χ4n) is 2.96. The summed E-state index contributed by atoms with van der Waals surface area (Å²) < 4.78 is 7.42. The molecule has 3 rings (SSSR count). The summed E-state index contributed by atoms with van der Waals surface area (Å²) in [6.45, 7) is 3.19. The van der Waals surface area contributed by atoms with Gasteiger partial charge in [-0.2, -0.15) is 0 Å². The molecule has 2 aromatic heterocycles. The number of carbonyl (C=O) groups excluding carboxylic acids is 1. The van der Waals surface area contributed by atoms with Gasteiger partial charge in [0.05, 0.1) is 31.6 Å². The Morgan fingerprint density at radius 1 is 1.40 bits per heavy atom. The minimum absolute atomic E-state index is 0.0261. The summed E-state index contributed by atoms with van der Waals surface area (Å²) in [4.78, 5) is 23.6. The van der Waals surface area contributed by atoms with Crippen LogP contribution in [0.3, 0.4) is 0 Å². The summed E-state index contributed by atoms with van der Waals surface area (Å²) in [6, 6.07) is 3.45. The number of pyridine rings is 1. The van der Waals surface area contributed by atoms with Crippen LogP contribution in [0.1, 0.15) is 17.3 Å². The number of thioether (sulfide) groups is 1. The predicted octanol–water partition coefficient (Wildman–Crippen LogP) is 1.23. The SMILES string of the molecule is CSc1ncc(CNC(=O)[C@H](c2cccnc2)N2CCOCC2)n1C. The van der Waals surface area contributed by atoms with Crippen LogP contribution in [0.25, 0.3) is 0 Å². The molecule has 25 heavy (non-hydrogen) atoms. The van der Waals surface area contributed by atoms with Gasteiger partial charge in [0.2, 0.25) is 5.91 Å². The van der Waals surface area contributed by atoms with Crippen molar-refractivity contribution < 1.29 is 9.53 Å². The Balaban J connectivity index is 1.73. The largest absolute Gasteiger partial charge is 0.379 e. The zero-order valence-electron chi connectivity index (χ0n) is 14.5. The molecule has 0 aromatic carbocycles. The summed E-state index contributed by atoms with van der Waals surface area (Å²) in [7, 11) is 1.96. The minimum atomic E-state index is -0.356. The smallest absolute Gasteiger partial charge is 0.242 e. The summed E-state index contributed by atoms with van der Waals surface area (Å²) in [5, 5.41) is 3.99. The molecule has 1 fully saturated rings. The lowest BCUT2D eigenvalue weighted by Gasteiger charge is -2.33. The Morgan fingerprint density at radius 3 is 2.84 bits per heavy atom. The van der Waals surface area contributed by atoms with Crippen LogP contribution in [0, 0.1) is 0 Å². The van der Waals surface area contributed by atoms with E-state index in [1.807, 2.05) is 30.0 Å². The molecule has 1 aliphatic rings. The molecule has 134 valence electrons. The van der Waals surface area contributed by atoms with Crippen molar-refractivity contribution in [2.75, 3.05) is 32.6 Å². The maximum absolute atomic E-state index is 12.9. The molecule has 1 N–H and O–H groups in total. The number of hydrogen-bond donors (Lipinski definition) is 1. The molecular formula is C17H23N5O2S. The highest BCUT2D eigenvalue weighted by Gasteiger charge is 2.29. The molecule has 1 aliphatic heterocycles. The van der Waals surface area contributed by atoms with Crippen molar-refractivity contribution in [3.63, 3.8) is 0 Å². The second-order valence-corrected chi connectivity index (χ2v) is 6.62. The Kier molecular flexibility index (Phi) is 6.06. The van der Waals surface area contributed by atoms with Gasteiger partial charge < -0.3 is 14.6 Å². The first-order valence-corrected chi connectivity index (χ1v) is 9.47. The van der Waals surface area contributed by atoms with E-state index in [2.05, 4.69) is 20.2 Å². The summed E-state index contributed by atoms with van der Waals surface area (Å²) >= 11 is 1.59. The van der Waals surface area contributed by atoms with Crippen molar-refractivity contribution >= 4 is 17.7 Å². The number of nitrogens with one attached hydrogen (secondary N) is 1. The fraction of sp³-hybridized carbons (Fsp3) is 0.471. The van der Waals surface area contributed by atoms with Crippen molar-refractivity contribution in [1.29, 1.82) is 0 Å². The van der Waals surface area contributed by atoms with Crippen molar-refractivity contribution in [2.24, 2.45) is 7.05 Å². The highest BCUT2D eigenvalue weighted by atomic mass is 32.2. The van der Waals surface area contributed by atoms with Gasteiger partial charge in [-0.25, -0.2) is 4.98 Å². The normalized spacial score (nSPS) is 16.6. The quantitative estimate of drug-likeness (QED) is 0.780. The molecule has 0 unspecified atom stereocenters. The summed E-state index contributed by atoms with van der Waals surface area (Å²) in [5.74, 6) is -0.0261. The second-order valence-electron chi connectivity index (χ2n) is 5.85. The highest BCUT2D eigenvalue weighted by Crippen LogP contribution is 2.22. The highest BCUT2D eigenvalue weighted by molar-refractivity contribution is 7.98. The number of aromatic nitrogens is 3. The fourth-order valence-corrected chi connectivity index (χ4v) is 3.50. The number of ether oxygens (including phenoxy) is 1. The molecular weight excluding hydrogens is 338 g/mol. The topological polar surface area (TPSA) is 72.3 Å². The number of morpholine rings is 1. The van der Waals surface area contributed by atoms with Gasteiger partial charge >= 0.3 is 0 Å². The van der Waals surface area contributed by atoms with Gasteiger partial charge in [-0.05, 0) is 17.9 Å². The maximum atomic E-state index is 12.9. The number of hydrogen-bond acceptors (Lipinski definition) is 6. The third-order valence-corrected chi connectivity index (χ3v) is 5.07. The number of carbonyl (C=O) groups is 1. The lowest BCUT2D eigenvalue weighted by atomic mass is 10.1. The van der Waals surface area contributed by atoms with Crippen LogP contribution in [-0.2, 0) is 23.1 Å². The van der Waals surface area contributed by atoms with Gasteiger partial charge in [0.15, 0.2) is 5.16 Å². The lowest BCUT2D eigenvalue weighted by molar-refractivity contribution is -0.128. The molecule has 3 heterocycles. The monoisotopic (exact) mass is 361 g/mol. The van der Waals surface area contributed by atoms with Crippen LogP contribution >= 0.6 is 11.8 Å². The molecule has 0 spiro atoms. The molecule has 0 aliphatic carbocycles.